The van der Waals surface area contributed by atoms with Crippen LogP contribution in [0.5, 0.6) is 0 Å². The van der Waals surface area contributed by atoms with E-state index in [1.54, 1.807) is 6.20 Å². The number of carboxylic acids is 1. The fourth-order valence-corrected chi connectivity index (χ4v) is 2.24. The van der Waals surface area contributed by atoms with Crippen LogP contribution in [0.25, 0.3) is 10.9 Å². The normalized spacial score (nSPS) is 17.2. The molecule has 0 radical (unpaired) electrons. The van der Waals surface area contributed by atoms with Crippen LogP contribution in [-0.4, -0.2) is 16.1 Å². The van der Waals surface area contributed by atoms with Gasteiger partial charge in [0.05, 0.1) is 10.9 Å². The van der Waals surface area contributed by atoms with Gasteiger partial charge < -0.3 is 5.11 Å². The summed E-state index contributed by atoms with van der Waals surface area (Å²) >= 11 is 0. The zero-order valence-electron chi connectivity index (χ0n) is 8.68. The van der Waals surface area contributed by atoms with Crippen molar-refractivity contribution in [2.45, 2.75) is 18.3 Å². The number of hydrogen-bond donors (Lipinski definition) is 1. The quantitative estimate of drug-likeness (QED) is 0.833. The first kappa shape index (κ1) is 9.33. The highest BCUT2D eigenvalue weighted by atomic mass is 16.4. The molecule has 1 N–H and O–H groups in total. The number of hydrogen-bond acceptors (Lipinski definition) is 2. The van der Waals surface area contributed by atoms with E-state index in [9.17, 15) is 9.90 Å². The third-order valence-corrected chi connectivity index (χ3v) is 3.32. The van der Waals surface area contributed by atoms with E-state index in [4.69, 9.17) is 0 Å². The summed E-state index contributed by atoms with van der Waals surface area (Å²) in [5.74, 6) is -0.719. The molecule has 0 aliphatic heterocycles. The van der Waals surface area contributed by atoms with Gasteiger partial charge in [0.15, 0.2) is 0 Å². The van der Waals surface area contributed by atoms with E-state index in [0.29, 0.717) is 0 Å². The molecule has 1 aliphatic rings. The third kappa shape index (κ3) is 1.14. The van der Waals surface area contributed by atoms with Gasteiger partial charge in [0.2, 0.25) is 0 Å². The SMILES string of the molecule is O=C(O)C1(c2cccc3ncccc23)CC1. The first-order chi connectivity index (χ1) is 7.74. The summed E-state index contributed by atoms with van der Waals surface area (Å²) in [4.78, 5) is 15.6. The van der Waals surface area contributed by atoms with Crippen LogP contribution in [0.4, 0.5) is 0 Å². The van der Waals surface area contributed by atoms with Crippen LogP contribution >= 0.6 is 0 Å². The monoisotopic (exact) mass is 213 g/mol. The Hall–Kier alpha value is -1.90. The lowest BCUT2D eigenvalue weighted by Gasteiger charge is -2.12. The van der Waals surface area contributed by atoms with Gasteiger partial charge in [0, 0.05) is 11.6 Å². The predicted octanol–water partition coefficient (Wildman–Crippen LogP) is 2.35. The Morgan fingerprint density at radius 3 is 2.75 bits per heavy atom. The van der Waals surface area contributed by atoms with Gasteiger partial charge in [-0.3, -0.25) is 9.78 Å². The van der Waals surface area contributed by atoms with Crippen molar-refractivity contribution in [3.05, 3.63) is 42.1 Å². The van der Waals surface area contributed by atoms with E-state index in [1.807, 2.05) is 30.3 Å². The number of aliphatic carboxylic acids is 1. The van der Waals surface area contributed by atoms with Gasteiger partial charge in [-0.05, 0) is 30.5 Å². The first-order valence-electron chi connectivity index (χ1n) is 5.32. The topological polar surface area (TPSA) is 50.2 Å². The maximum atomic E-state index is 11.3. The van der Waals surface area contributed by atoms with Crippen molar-refractivity contribution < 1.29 is 9.90 Å². The van der Waals surface area contributed by atoms with Crippen LogP contribution in [0.2, 0.25) is 0 Å². The lowest BCUT2D eigenvalue weighted by atomic mass is 9.92. The third-order valence-electron chi connectivity index (χ3n) is 3.32. The van der Waals surface area contributed by atoms with Crippen molar-refractivity contribution in [2.75, 3.05) is 0 Å². The van der Waals surface area contributed by atoms with Crippen molar-refractivity contribution in [2.24, 2.45) is 0 Å². The summed E-state index contributed by atoms with van der Waals surface area (Å²) in [6, 6.07) is 9.50. The maximum absolute atomic E-state index is 11.3. The molecule has 0 spiro atoms. The van der Waals surface area contributed by atoms with Gasteiger partial charge in [-0.15, -0.1) is 0 Å². The number of pyridine rings is 1. The van der Waals surface area contributed by atoms with E-state index in [2.05, 4.69) is 4.98 Å². The number of rotatable bonds is 2. The van der Waals surface area contributed by atoms with Crippen molar-refractivity contribution in [1.82, 2.24) is 4.98 Å². The summed E-state index contributed by atoms with van der Waals surface area (Å²) in [6.45, 7) is 0. The zero-order chi connectivity index (χ0) is 11.2. The summed E-state index contributed by atoms with van der Waals surface area (Å²) < 4.78 is 0. The van der Waals surface area contributed by atoms with Crippen molar-refractivity contribution >= 4 is 16.9 Å². The van der Waals surface area contributed by atoms with E-state index in [1.165, 1.54) is 0 Å². The Labute approximate surface area is 92.7 Å². The molecule has 0 saturated heterocycles. The molecule has 3 rings (SSSR count). The second-order valence-corrected chi connectivity index (χ2v) is 4.26. The molecule has 1 aromatic heterocycles. The summed E-state index contributed by atoms with van der Waals surface area (Å²) in [6.07, 6.45) is 3.19. The Morgan fingerprint density at radius 1 is 1.25 bits per heavy atom. The average Bonchev–Trinajstić information content (AvgIpc) is 3.09. The van der Waals surface area contributed by atoms with Crippen molar-refractivity contribution in [3.8, 4) is 0 Å². The van der Waals surface area contributed by atoms with Gasteiger partial charge >= 0.3 is 5.97 Å². The van der Waals surface area contributed by atoms with Gasteiger partial charge in [0.25, 0.3) is 0 Å². The van der Waals surface area contributed by atoms with Crippen LogP contribution in [-0.2, 0) is 10.2 Å². The van der Waals surface area contributed by atoms with Crippen molar-refractivity contribution in [1.29, 1.82) is 0 Å². The molecule has 1 aliphatic carbocycles. The molecule has 1 fully saturated rings. The standard InChI is InChI=1S/C13H11NO2/c15-12(16)13(6-7-13)10-4-1-5-11-9(10)3-2-8-14-11/h1-5,8H,6-7H2,(H,15,16). The summed E-state index contributed by atoms with van der Waals surface area (Å²) in [5.41, 5.74) is 1.13. The second kappa shape index (κ2) is 3.04. The Morgan fingerprint density at radius 2 is 2.06 bits per heavy atom. The largest absolute Gasteiger partial charge is 0.481 e. The van der Waals surface area contributed by atoms with E-state index in [-0.39, 0.29) is 0 Å². The lowest BCUT2D eigenvalue weighted by Crippen LogP contribution is -2.19. The second-order valence-electron chi connectivity index (χ2n) is 4.26. The highest BCUT2D eigenvalue weighted by Crippen LogP contribution is 2.50. The van der Waals surface area contributed by atoms with Crippen LogP contribution in [0, 0.1) is 0 Å². The van der Waals surface area contributed by atoms with Crippen LogP contribution < -0.4 is 0 Å². The van der Waals surface area contributed by atoms with Crippen molar-refractivity contribution in [3.63, 3.8) is 0 Å². The molecule has 1 aromatic carbocycles. The average molecular weight is 213 g/mol. The Balaban J connectivity index is 2.29. The smallest absolute Gasteiger partial charge is 0.314 e. The number of carboxylic acid groups (broad SMARTS) is 1. The number of benzene rings is 1. The lowest BCUT2D eigenvalue weighted by molar-refractivity contribution is -0.139. The Kier molecular flexibility index (Phi) is 1.78. The zero-order valence-corrected chi connectivity index (χ0v) is 8.68. The fraction of sp³-hybridized carbons (Fsp3) is 0.231. The highest BCUT2D eigenvalue weighted by Gasteiger charge is 2.52. The molecule has 16 heavy (non-hydrogen) atoms. The summed E-state index contributed by atoms with van der Waals surface area (Å²) in [5, 5.41) is 10.3. The molecule has 80 valence electrons. The van der Waals surface area contributed by atoms with Crippen LogP contribution in [0.15, 0.2) is 36.5 Å². The van der Waals surface area contributed by atoms with Crippen LogP contribution in [0.3, 0.4) is 0 Å². The van der Waals surface area contributed by atoms with E-state index >= 15 is 0 Å². The molecule has 0 atom stereocenters. The predicted molar refractivity (Wildman–Crippen MR) is 60.3 cm³/mol. The molecule has 3 nitrogen and oxygen atoms in total. The number of aromatic nitrogens is 1. The molecule has 0 amide bonds. The van der Waals surface area contributed by atoms with Gasteiger partial charge in [-0.25, -0.2) is 0 Å². The molecule has 0 bridgehead atoms. The van der Waals surface area contributed by atoms with Gasteiger partial charge in [-0.1, -0.05) is 18.2 Å². The minimum Gasteiger partial charge on any atom is -0.481 e. The minimum atomic E-state index is -0.719. The fourth-order valence-electron chi connectivity index (χ4n) is 2.24. The minimum absolute atomic E-state index is 0.650. The molecular formula is C13H11NO2. The molecule has 2 aromatic rings. The molecular weight excluding hydrogens is 202 g/mol. The molecule has 1 saturated carbocycles. The van der Waals surface area contributed by atoms with Crippen LogP contribution in [0.1, 0.15) is 18.4 Å². The molecule has 1 heterocycles. The molecule has 3 heteroatoms. The summed E-state index contributed by atoms with van der Waals surface area (Å²) in [7, 11) is 0. The number of carbonyl (C=O) groups is 1. The van der Waals surface area contributed by atoms with Gasteiger partial charge in [0.1, 0.15) is 0 Å². The Bertz CT molecular complexity index is 568. The van der Waals surface area contributed by atoms with Gasteiger partial charge in [-0.2, -0.15) is 0 Å². The number of nitrogens with zero attached hydrogens (tertiary/aromatic N) is 1. The molecule has 0 unspecified atom stereocenters. The van der Waals surface area contributed by atoms with E-state index < -0.39 is 11.4 Å². The maximum Gasteiger partial charge on any atom is 0.314 e. The number of fused-ring (bicyclic) bond motifs is 1. The highest BCUT2D eigenvalue weighted by molar-refractivity contribution is 5.93. The van der Waals surface area contributed by atoms with E-state index in [0.717, 1.165) is 29.3 Å². The first-order valence-corrected chi connectivity index (χ1v) is 5.32.